The Balaban J connectivity index is 1.49. The first-order valence-corrected chi connectivity index (χ1v) is 8.81. The highest BCUT2D eigenvalue weighted by Gasteiger charge is 2.22. The number of piperazine rings is 1. The van der Waals surface area contributed by atoms with Crippen molar-refractivity contribution >= 4 is 28.3 Å². The number of hydrogen-bond donors (Lipinski definition) is 0. The molecular formula is C19H19N7. The van der Waals surface area contributed by atoms with Crippen molar-refractivity contribution in [3.05, 3.63) is 54.5 Å². The van der Waals surface area contributed by atoms with E-state index in [-0.39, 0.29) is 0 Å². The monoisotopic (exact) mass is 345 g/mol. The lowest BCUT2D eigenvalue weighted by molar-refractivity contribution is 0.643. The van der Waals surface area contributed by atoms with Crippen molar-refractivity contribution < 1.29 is 0 Å². The first-order chi connectivity index (χ1) is 12.8. The zero-order chi connectivity index (χ0) is 17.5. The lowest BCUT2D eigenvalue weighted by Crippen LogP contribution is -2.47. The Morgan fingerprint density at radius 1 is 0.962 bits per heavy atom. The molecule has 0 bridgehead atoms. The topological polar surface area (TPSA) is 62.5 Å². The summed E-state index contributed by atoms with van der Waals surface area (Å²) in [5, 5.41) is 8.46. The molecular weight excluding hydrogens is 326 g/mol. The zero-order valence-corrected chi connectivity index (χ0v) is 14.6. The summed E-state index contributed by atoms with van der Waals surface area (Å²) in [6.07, 6.45) is 3.61. The molecule has 26 heavy (non-hydrogen) atoms. The highest BCUT2D eigenvalue weighted by atomic mass is 15.3. The molecule has 7 heteroatoms. The molecule has 0 saturated carbocycles. The summed E-state index contributed by atoms with van der Waals surface area (Å²) in [5.41, 5.74) is 4.02. The molecule has 5 rings (SSSR count). The van der Waals surface area contributed by atoms with E-state index in [4.69, 9.17) is 4.98 Å². The second-order valence-corrected chi connectivity index (χ2v) is 6.61. The normalized spacial score (nSPS) is 15.1. The van der Waals surface area contributed by atoms with Crippen LogP contribution in [0, 0.1) is 6.92 Å². The van der Waals surface area contributed by atoms with Crippen molar-refractivity contribution in [2.75, 3.05) is 36.0 Å². The summed E-state index contributed by atoms with van der Waals surface area (Å²) in [7, 11) is 0. The van der Waals surface area contributed by atoms with E-state index in [9.17, 15) is 0 Å². The van der Waals surface area contributed by atoms with Crippen molar-refractivity contribution in [1.82, 2.24) is 24.6 Å². The van der Waals surface area contributed by atoms with Gasteiger partial charge in [0.15, 0.2) is 5.82 Å². The van der Waals surface area contributed by atoms with Crippen LogP contribution in [0.5, 0.6) is 0 Å². The number of fused-ring (bicyclic) bond motifs is 3. The summed E-state index contributed by atoms with van der Waals surface area (Å²) < 4.78 is 2.04. The fraction of sp³-hybridized carbons (Fsp3) is 0.263. The molecule has 0 spiro atoms. The van der Waals surface area contributed by atoms with Gasteiger partial charge in [0.2, 0.25) is 5.65 Å². The number of aryl methyl sites for hydroxylation is 1. The molecule has 1 aliphatic rings. The molecule has 0 N–H and O–H groups in total. The van der Waals surface area contributed by atoms with Crippen LogP contribution < -0.4 is 9.80 Å². The van der Waals surface area contributed by atoms with Gasteiger partial charge in [0.25, 0.3) is 0 Å². The first kappa shape index (κ1) is 15.1. The van der Waals surface area contributed by atoms with Gasteiger partial charge in [-0.05, 0) is 36.8 Å². The highest BCUT2D eigenvalue weighted by molar-refractivity contribution is 5.83. The third-order valence-electron chi connectivity index (χ3n) is 4.92. The van der Waals surface area contributed by atoms with E-state index >= 15 is 0 Å². The van der Waals surface area contributed by atoms with Crippen molar-refractivity contribution in [3.8, 4) is 0 Å². The molecule has 0 radical (unpaired) electrons. The van der Waals surface area contributed by atoms with Gasteiger partial charge in [0.1, 0.15) is 12.1 Å². The minimum atomic E-state index is 0.814. The number of aromatic nitrogens is 5. The Morgan fingerprint density at radius 2 is 1.81 bits per heavy atom. The number of benzene rings is 1. The van der Waals surface area contributed by atoms with Crippen LogP contribution in [0.1, 0.15) is 5.56 Å². The number of nitrogens with zero attached hydrogens (tertiary/aromatic N) is 7. The van der Waals surface area contributed by atoms with Crippen LogP contribution in [0.25, 0.3) is 16.7 Å². The van der Waals surface area contributed by atoms with Crippen LogP contribution in [0.15, 0.2) is 48.9 Å². The second-order valence-electron chi connectivity index (χ2n) is 6.61. The van der Waals surface area contributed by atoms with E-state index in [1.54, 1.807) is 6.33 Å². The molecule has 130 valence electrons. The maximum Gasteiger partial charge on any atom is 0.204 e. The van der Waals surface area contributed by atoms with Gasteiger partial charge in [0, 0.05) is 32.4 Å². The van der Waals surface area contributed by atoms with Crippen LogP contribution in [0.4, 0.5) is 11.6 Å². The molecule has 7 nitrogen and oxygen atoms in total. The zero-order valence-electron chi connectivity index (χ0n) is 14.6. The van der Waals surface area contributed by atoms with Crippen molar-refractivity contribution in [3.63, 3.8) is 0 Å². The Labute approximate surface area is 150 Å². The van der Waals surface area contributed by atoms with Gasteiger partial charge in [-0.3, -0.25) is 4.40 Å². The van der Waals surface area contributed by atoms with Gasteiger partial charge in [-0.2, -0.15) is 0 Å². The Hall–Kier alpha value is -3.22. The van der Waals surface area contributed by atoms with Gasteiger partial charge in [0.05, 0.1) is 11.0 Å². The van der Waals surface area contributed by atoms with Gasteiger partial charge in [-0.15, -0.1) is 10.2 Å². The molecule has 0 unspecified atom stereocenters. The van der Waals surface area contributed by atoms with Crippen LogP contribution in [0.3, 0.4) is 0 Å². The summed E-state index contributed by atoms with van der Waals surface area (Å²) in [6.45, 7) is 5.66. The molecule has 1 saturated heterocycles. The van der Waals surface area contributed by atoms with Gasteiger partial charge < -0.3 is 9.80 Å². The maximum absolute atomic E-state index is 4.91. The molecule has 1 aromatic carbocycles. The summed E-state index contributed by atoms with van der Waals surface area (Å²) >= 11 is 0. The molecule has 0 amide bonds. The van der Waals surface area contributed by atoms with Crippen molar-refractivity contribution in [2.24, 2.45) is 0 Å². The van der Waals surface area contributed by atoms with Gasteiger partial charge in [-0.1, -0.05) is 12.1 Å². The SMILES string of the molecule is Cc1ccc2nc(N3CCN(c4ccccn4)CC3)c3nncn3c2c1. The fourth-order valence-electron chi connectivity index (χ4n) is 3.55. The molecule has 0 atom stereocenters. The van der Waals surface area contributed by atoms with Crippen LogP contribution in [0.2, 0.25) is 0 Å². The van der Waals surface area contributed by atoms with Crippen LogP contribution >= 0.6 is 0 Å². The third kappa shape index (κ3) is 2.44. The Bertz CT molecular complexity index is 1070. The van der Waals surface area contributed by atoms with Crippen LogP contribution in [-0.4, -0.2) is 50.7 Å². The van der Waals surface area contributed by atoms with Crippen LogP contribution in [-0.2, 0) is 0 Å². The lowest BCUT2D eigenvalue weighted by atomic mass is 10.2. The lowest BCUT2D eigenvalue weighted by Gasteiger charge is -2.36. The number of anilines is 2. The number of hydrogen-bond acceptors (Lipinski definition) is 6. The van der Waals surface area contributed by atoms with Crippen molar-refractivity contribution in [2.45, 2.75) is 6.92 Å². The van der Waals surface area contributed by atoms with E-state index in [0.717, 1.165) is 54.5 Å². The van der Waals surface area contributed by atoms with Gasteiger partial charge >= 0.3 is 0 Å². The minimum absolute atomic E-state index is 0.814. The Kier molecular flexibility index (Phi) is 3.44. The van der Waals surface area contributed by atoms with E-state index in [2.05, 4.69) is 56.2 Å². The fourth-order valence-corrected chi connectivity index (χ4v) is 3.55. The highest BCUT2D eigenvalue weighted by Crippen LogP contribution is 2.25. The summed E-state index contributed by atoms with van der Waals surface area (Å²) in [4.78, 5) is 14.0. The molecule has 0 aliphatic carbocycles. The van der Waals surface area contributed by atoms with E-state index < -0.39 is 0 Å². The largest absolute Gasteiger partial charge is 0.353 e. The van der Waals surface area contributed by atoms with E-state index in [1.807, 2.05) is 22.7 Å². The standard InChI is InChI=1S/C19H19N7/c1-14-5-6-15-16(12-14)26-13-21-23-19(26)18(22-15)25-10-8-24(9-11-25)17-4-2-3-7-20-17/h2-7,12-13H,8-11H2,1H3. The van der Waals surface area contributed by atoms with Crippen molar-refractivity contribution in [1.29, 1.82) is 0 Å². The second kappa shape index (κ2) is 5.94. The number of rotatable bonds is 2. The molecule has 1 aliphatic heterocycles. The molecule has 1 fully saturated rings. The average Bonchev–Trinajstić information content (AvgIpc) is 3.19. The Morgan fingerprint density at radius 3 is 2.62 bits per heavy atom. The smallest absolute Gasteiger partial charge is 0.204 e. The van der Waals surface area contributed by atoms with Gasteiger partial charge in [-0.25, -0.2) is 9.97 Å². The molecule has 3 aromatic heterocycles. The quantitative estimate of drug-likeness (QED) is 0.556. The summed E-state index contributed by atoms with van der Waals surface area (Å²) in [5.74, 6) is 1.93. The average molecular weight is 345 g/mol. The predicted molar refractivity (Wildman–Crippen MR) is 102 cm³/mol. The van der Waals surface area contributed by atoms with E-state index in [1.165, 1.54) is 5.56 Å². The first-order valence-electron chi connectivity index (χ1n) is 8.81. The summed E-state index contributed by atoms with van der Waals surface area (Å²) in [6, 6.07) is 12.3. The molecule has 4 heterocycles. The maximum atomic E-state index is 4.91. The number of pyridine rings is 1. The third-order valence-corrected chi connectivity index (χ3v) is 4.92. The predicted octanol–water partition coefficient (Wildman–Crippen LogP) is 2.31. The van der Waals surface area contributed by atoms with E-state index in [0.29, 0.717) is 0 Å². The molecule has 4 aromatic rings. The minimum Gasteiger partial charge on any atom is -0.353 e.